The van der Waals surface area contributed by atoms with Gasteiger partial charge in [-0.25, -0.2) is 0 Å². The van der Waals surface area contributed by atoms with Crippen molar-refractivity contribution in [2.24, 2.45) is 0 Å². The molecule has 1 aliphatic rings. The minimum Gasteiger partial charge on any atom is -0.157 e. The smallest absolute Gasteiger partial charge is 0.0369 e. The van der Waals surface area contributed by atoms with Crippen LogP contribution >= 0.6 is 27.7 Å². The van der Waals surface area contributed by atoms with Crippen LogP contribution in [-0.4, -0.2) is 11.0 Å². The van der Waals surface area contributed by atoms with Crippen molar-refractivity contribution >= 4 is 27.7 Å². The van der Waals surface area contributed by atoms with Crippen LogP contribution in [0, 0.1) is 5.33 Å². The lowest BCUT2D eigenvalue weighted by atomic mass is 10.4. The fraction of sp³-hybridized carbons (Fsp3) is 0.857. The van der Waals surface area contributed by atoms with E-state index in [9.17, 15) is 0 Å². The number of hydrogen-bond acceptors (Lipinski definition) is 1. The van der Waals surface area contributed by atoms with Crippen LogP contribution in [-0.2, 0) is 0 Å². The molecule has 53 valence electrons. The molecule has 0 aliphatic heterocycles. The summed E-state index contributed by atoms with van der Waals surface area (Å²) in [5.74, 6) is 1.17. The number of halogens is 1. The number of thioether (sulfide) groups is 1. The molecule has 0 bridgehead atoms. The molecule has 1 saturated carbocycles. The molecule has 9 heavy (non-hydrogen) atoms. The van der Waals surface area contributed by atoms with Gasteiger partial charge in [-0.2, -0.15) is 11.8 Å². The zero-order valence-corrected chi connectivity index (χ0v) is 7.88. The van der Waals surface area contributed by atoms with Crippen molar-refractivity contribution in [3.05, 3.63) is 5.33 Å². The summed E-state index contributed by atoms with van der Waals surface area (Å²) in [4.78, 5) is 0. The first-order valence-corrected chi connectivity index (χ1v) is 5.43. The van der Waals surface area contributed by atoms with Crippen LogP contribution < -0.4 is 0 Å². The summed E-state index contributed by atoms with van der Waals surface area (Å²) >= 11 is 5.39. The quantitative estimate of drug-likeness (QED) is 0.686. The molecule has 0 aromatic carbocycles. The monoisotopic (exact) mass is 207 g/mol. The molecule has 0 amide bonds. The van der Waals surface area contributed by atoms with Gasteiger partial charge in [-0.05, 0) is 12.8 Å². The molecule has 0 aromatic heterocycles. The van der Waals surface area contributed by atoms with Gasteiger partial charge in [-0.1, -0.05) is 28.8 Å². The van der Waals surface area contributed by atoms with Crippen molar-refractivity contribution in [3.63, 3.8) is 0 Å². The largest absolute Gasteiger partial charge is 0.157 e. The Morgan fingerprint density at radius 3 is 2.67 bits per heavy atom. The molecule has 0 spiro atoms. The minimum absolute atomic E-state index is 0.971. The lowest BCUT2D eigenvalue weighted by Gasteiger charge is -2.04. The number of rotatable bonds is 3. The molecular weight excluding hydrogens is 196 g/mol. The Morgan fingerprint density at radius 2 is 2.11 bits per heavy atom. The third-order valence-electron chi connectivity index (χ3n) is 1.70. The first kappa shape index (κ1) is 7.93. The van der Waals surface area contributed by atoms with Crippen molar-refractivity contribution in [1.29, 1.82) is 0 Å². The van der Waals surface area contributed by atoms with Crippen LogP contribution in [0.1, 0.15) is 25.7 Å². The van der Waals surface area contributed by atoms with Gasteiger partial charge in [-0.15, -0.1) is 0 Å². The van der Waals surface area contributed by atoms with E-state index in [0.29, 0.717) is 0 Å². The fourth-order valence-corrected chi connectivity index (χ4v) is 2.70. The third kappa shape index (κ3) is 2.94. The highest BCUT2D eigenvalue weighted by Gasteiger charge is 2.13. The van der Waals surface area contributed by atoms with Crippen LogP contribution in [0.3, 0.4) is 0 Å². The average molecular weight is 208 g/mol. The predicted octanol–water partition coefficient (Wildman–Crippen LogP) is 3.22. The van der Waals surface area contributed by atoms with E-state index in [4.69, 9.17) is 0 Å². The lowest BCUT2D eigenvalue weighted by Crippen LogP contribution is -1.93. The molecule has 0 N–H and O–H groups in total. The normalized spacial score (nSPS) is 21.0. The Balaban J connectivity index is 1.98. The van der Waals surface area contributed by atoms with E-state index in [1.807, 2.05) is 0 Å². The van der Waals surface area contributed by atoms with E-state index < -0.39 is 0 Å². The van der Waals surface area contributed by atoms with Crippen molar-refractivity contribution in [2.45, 2.75) is 30.9 Å². The highest BCUT2D eigenvalue weighted by atomic mass is 79.9. The van der Waals surface area contributed by atoms with Gasteiger partial charge in [0, 0.05) is 16.3 Å². The standard InChI is InChI=1S/C7H12BrS/c8-5-6-9-7-3-1-2-4-7/h5,7H,1-4,6H2. The third-order valence-corrected chi connectivity index (χ3v) is 3.75. The average Bonchev–Trinajstić information content (AvgIpc) is 2.34. The van der Waals surface area contributed by atoms with Gasteiger partial charge in [0.15, 0.2) is 0 Å². The van der Waals surface area contributed by atoms with E-state index in [0.717, 1.165) is 5.25 Å². The molecule has 1 aliphatic carbocycles. The van der Waals surface area contributed by atoms with Gasteiger partial charge in [0.2, 0.25) is 0 Å². The van der Waals surface area contributed by atoms with Crippen molar-refractivity contribution in [3.8, 4) is 0 Å². The number of hydrogen-bond donors (Lipinski definition) is 0. The minimum atomic E-state index is 0.971. The van der Waals surface area contributed by atoms with E-state index in [-0.39, 0.29) is 0 Å². The van der Waals surface area contributed by atoms with Gasteiger partial charge in [0.1, 0.15) is 0 Å². The maximum Gasteiger partial charge on any atom is 0.0369 e. The van der Waals surface area contributed by atoms with Crippen LogP contribution in [0.2, 0.25) is 0 Å². The highest BCUT2D eigenvalue weighted by molar-refractivity contribution is 9.10. The summed E-state index contributed by atoms with van der Waals surface area (Å²) in [7, 11) is 0. The molecule has 1 radical (unpaired) electrons. The summed E-state index contributed by atoms with van der Waals surface area (Å²) in [6.45, 7) is 0. The second-order valence-electron chi connectivity index (χ2n) is 2.39. The maximum absolute atomic E-state index is 3.31. The van der Waals surface area contributed by atoms with E-state index in [1.165, 1.54) is 31.4 Å². The zero-order valence-electron chi connectivity index (χ0n) is 5.48. The Hall–Kier alpha value is 0.830. The summed E-state index contributed by atoms with van der Waals surface area (Å²) in [6.07, 6.45) is 5.82. The Kier molecular flexibility index (Phi) is 4.07. The molecule has 0 aromatic rings. The van der Waals surface area contributed by atoms with Gasteiger partial charge < -0.3 is 0 Å². The molecule has 0 unspecified atom stereocenters. The Morgan fingerprint density at radius 1 is 1.44 bits per heavy atom. The van der Waals surface area contributed by atoms with Crippen molar-refractivity contribution < 1.29 is 0 Å². The van der Waals surface area contributed by atoms with Gasteiger partial charge in [-0.3, -0.25) is 0 Å². The second kappa shape index (κ2) is 4.62. The lowest BCUT2D eigenvalue weighted by molar-refractivity contribution is 0.886. The van der Waals surface area contributed by atoms with Crippen LogP contribution in [0.4, 0.5) is 0 Å². The molecule has 0 saturated heterocycles. The van der Waals surface area contributed by atoms with Gasteiger partial charge in [0.05, 0.1) is 0 Å². The summed E-state index contributed by atoms with van der Waals surface area (Å²) < 4.78 is 0. The SMILES string of the molecule is Br[CH]CSC1CCCC1. The van der Waals surface area contributed by atoms with E-state index in [1.54, 1.807) is 0 Å². The summed E-state index contributed by atoms with van der Waals surface area (Å²) in [5, 5.41) is 3.04. The first-order chi connectivity index (χ1) is 4.43. The van der Waals surface area contributed by atoms with E-state index >= 15 is 0 Å². The van der Waals surface area contributed by atoms with Crippen molar-refractivity contribution in [2.75, 3.05) is 5.75 Å². The molecule has 0 nitrogen and oxygen atoms in total. The highest BCUT2D eigenvalue weighted by Crippen LogP contribution is 2.29. The van der Waals surface area contributed by atoms with Crippen LogP contribution in [0.15, 0.2) is 0 Å². The maximum atomic E-state index is 3.31. The Labute approximate surface area is 69.9 Å². The Bertz CT molecular complexity index is 69.3. The molecule has 0 heterocycles. The molecule has 1 fully saturated rings. The molecule has 1 rings (SSSR count). The van der Waals surface area contributed by atoms with E-state index in [2.05, 4.69) is 33.0 Å². The second-order valence-corrected chi connectivity index (χ2v) is 4.37. The van der Waals surface area contributed by atoms with Crippen molar-refractivity contribution in [1.82, 2.24) is 0 Å². The predicted molar refractivity (Wildman–Crippen MR) is 47.9 cm³/mol. The van der Waals surface area contributed by atoms with Crippen LogP contribution in [0.25, 0.3) is 0 Å². The van der Waals surface area contributed by atoms with Gasteiger partial charge >= 0.3 is 0 Å². The fourth-order valence-electron chi connectivity index (χ4n) is 1.23. The van der Waals surface area contributed by atoms with Gasteiger partial charge in [0.25, 0.3) is 0 Å². The van der Waals surface area contributed by atoms with Crippen LogP contribution in [0.5, 0.6) is 0 Å². The first-order valence-electron chi connectivity index (χ1n) is 3.47. The molecule has 0 atom stereocenters. The topological polar surface area (TPSA) is 0 Å². The zero-order chi connectivity index (χ0) is 6.53. The molecule has 2 heteroatoms. The molecular formula is C7H12BrS. The summed E-state index contributed by atoms with van der Waals surface area (Å²) in [5.41, 5.74) is 0. The summed E-state index contributed by atoms with van der Waals surface area (Å²) in [6, 6.07) is 0.